The van der Waals surface area contributed by atoms with Gasteiger partial charge in [0.05, 0.1) is 29.4 Å². The normalized spacial score (nSPS) is 15.9. The van der Waals surface area contributed by atoms with Crippen molar-refractivity contribution < 1.29 is 9.66 Å². The molecule has 94 valence electrons. The van der Waals surface area contributed by atoms with Crippen LogP contribution >= 0.6 is 0 Å². The van der Waals surface area contributed by atoms with Crippen molar-refractivity contribution in [1.29, 1.82) is 5.26 Å². The quantitative estimate of drug-likeness (QED) is 0.636. The molecule has 0 amide bonds. The number of benzene rings is 1. The minimum atomic E-state index is -0.515. The molecule has 0 atom stereocenters. The summed E-state index contributed by atoms with van der Waals surface area (Å²) in [5, 5.41) is 21.5. The number of nitrogens with zero attached hydrogens (tertiary/aromatic N) is 3. The van der Waals surface area contributed by atoms with Crippen LogP contribution in [0.1, 0.15) is 5.56 Å². The number of hydrazine groups is 1. The van der Waals surface area contributed by atoms with Crippen LogP contribution in [0.25, 0.3) is 0 Å². The largest absolute Gasteiger partial charge is 0.379 e. The van der Waals surface area contributed by atoms with Crippen molar-refractivity contribution in [3.63, 3.8) is 0 Å². The number of nitrogens with one attached hydrogen (secondary N) is 1. The molecule has 7 nitrogen and oxygen atoms in total. The van der Waals surface area contributed by atoms with Gasteiger partial charge in [-0.3, -0.25) is 10.1 Å². The first-order valence-electron chi connectivity index (χ1n) is 5.48. The van der Waals surface area contributed by atoms with Crippen LogP contribution in [0.4, 0.5) is 11.4 Å². The van der Waals surface area contributed by atoms with Crippen molar-refractivity contribution in [1.82, 2.24) is 5.01 Å². The number of anilines is 1. The minimum absolute atomic E-state index is 0.0842. The van der Waals surface area contributed by atoms with E-state index < -0.39 is 4.92 Å². The Morgan fingerprint density at radius 1 is 1.44 bits per heavy atom. The van der Waals surface area contributed by atoms with Crippen LogP contribution in [-0.2, 0) is 4.74 Å². The van der Waals surface area contributed by atoms with Crippen molar-refractivity contribution in [2.75, 3.05) is 31.7 Å². The van der Waals surface area contributed by atoms with Crippen LogP contribution in [0.5, 0.6) is 0 Å². The molecule has 1 N–H and O–H groups in total. The molecule has 0 radical (unpaired) electrons. The first-order valence-corrected chi connectivity index (χ1v) is 5.48. The molecule has 1 aromatic carbocycles. The van der Waals surface area contributed by atoms with E-state index in [2.05, 4.69) is 5.43 Å². The van der Waals surface area contributed by atoms with Gasteiger partial charge in [0, 0.05) is 25.2 Å². The summed E-state index contributed by atoms with van der Waals surface area (Å²) >= 11 is 0. The Bertz CT molecular complexity index is 492. The van der Waals surface area contributed by atoms with Gasteiger partial charge in [0.25, 0.3) is 5.69 Å². The summed E-state index contributed by atoms with van der Waals surface area (Å²) in [6, 6.07) is 6.15. The second-order valence-corrected chi connectivity index (χ2v) is 3.81. The first kappa shape index (κ1) is 12.3. The summed E-state index contributed by atoms with van der Waals surface area (Å²) < 4.78 is 5.21. The van der Waals surface area contributed by atoms with Gasteiger partial charge in [0.2, 0.25) is 0 Å². The average molecular weight is 248 g/mol. The Morgan fingerprint density at radius 3 is 2.78 bits per heavy atom. The summed E-state index contributed by atoms with van der Waals surface area (Å²) in [6.07, 6.45) is 0. The third kappa shape index (κ3) is 2.74. The Morgan fingerprint density at radius 2 is 2.17 bits per heavy atom. The maximum atomic E-state index is 10.6. The molecule has 1 fully saturated rings. The molecule has 0 aromatic heterocycles. The van der Waals surface area contributed by atoms with E-state index in [4.69, 9.17) is 10.00 Å². The molecular formula is C11H12N4O3. The van der Waals surface area contributed by atoms with Crippen molar-refractivity contribution in [2.24, 2.45) is 0 Å². The Labute approximate surface area is 104 Å². The van der Waals surface area contributed by atoms with E-state index in [9.17, 15) is 10.1 Å². The average Bonchev–Trinajstić information content (AvgIpc) is 2.40. The highest BCUT2D eigenvalue weighted by molar-refractivity contribution is 5.60. The van der Waals surface area contributed by atoms with E-state index >= 15 is 0 Å². The van der Waals surface area contributed by atoms with E-state index in [-0.39, 0.29) is 11.3 Å². The smallest absolute Gasteiger partial charge is 0.270 e. The number of nitro benzene ring substituents is 1. The molecule has 1 aliphatic heterocycles. The summed E-state index contributed by atoms with van der Waals surface area (Å²) in [7, 11) is 0. The van der Waals surface area contributed by atoms with Crippen molar-refractivity contribution >= 4 is 11.4 Å². The molecule has 0 spiro atoms. The molecule has 7 heteroatoms. The van der Waals surface area contributed by atoms with Crippen molar-refractivity contribution in [2.45, 2.75) is 0 Å². The minimum Gasteiger partial charge on any atom is -0.379 e. The third-order valence-corrected chi connectivity index (χ3v) is 2.62. The number of hydrogen-bond donors (Lipinski definition) is 1. The van der Waals surface area contributed by atoms with Gasteiger partial charge in [0.1, 0.15) is 6.07 Å². The summed E-state index contributed by atoms with van der Waals surface area (Å²) in [5.74, 6) is 0. The van der Waals surface area contributed by atoms with E-state index in [1.54, 1.807) is 6.07 Å². The molecule has 1 heterocycles. The van der Waals surface area contributed by atoms with E-state index in [1.807, 2.05) is 11.1 Å². The molecule has 0 aliphatic carbocycles. The number of hydrogen-bond acceptors (Lipinski definition) is 6. The lowest BCUT2D eigenvalue weighted by Crippen LogP contribution is -2.40. The number of nitro groups is 1. The molecule has 0 saturated carbocycles. The second-order valence-electron chi connectivity index (χ2n) is 3.81. The summed E-state index contributed by atoms with van der Waals surface area (Å²) in [4.78, 5) is 10.1. The van der Waals surface area contributed by atoms with Crippen LogP contribution in [0, 0.1) is 21.4 Å². The maximum absolute atomic E-state index is 10.6. The zero-order valence-electron chi connectivity index (χ0n) is 9.63. The Balaban J connectivity index is 2.17. The fourth-order valence-electron chi connectivity index (χ4n) is 1.68. The fraction of sp³-hybridized carbons (Fsp3) is 0.364. The van der Waals surface area contributed by atoms with E-state index in [0.29, 0.717) is 32.0 Å². The highest BCUT2D eigenvalue weighted by atomic mass is 16.6. The highest BCUT2D eigenvalue weighted by Gasteiger charge is 2.14. The topological polar surface area (TPSA) is 91.4 Å². The molecule has 1 aliphatic rings. The van der Waals surface area contributed by atoms with Gasteiger partial charge in [-0.05, 0) is 6.07 Å². The molecule has 0 bridgehead atoms. The first-order chi connectivity index (χ1) is 8.70. The zero-order valence-corrected chi connectivity index (χ0v) is 9.63. The van der Waals surface area contributed by atoms with Gasteiger partial charge in [-0.15, -0.1) is 0 Å². The van der Waals surface area contributed by atoms with Crippen LogP contribution < -0.4 is 5.43 Å². The van der Waals surface area contributed by atoms with Crippen LogP contribution in [0.3, 0.4) is 0 Å². The maximum Gasteiger partial charge on any atom is 0.270 e. The number of ether oxygens (including phenoxy) is 1. The second kappa shape index (κ2) is 5.44. The number of nitriles is 1. The van der Waals surface area contributed by atoms with E-state index in [1.165, 1.54) is 12.1 Å². The number of rotatable bonds is 3. The van der Waals surface area contributed by atoms with Gasteiger partial charge in [-0.25, -0.2) is 5.01 Å². The molecule has 18 heavy (non-hydrogen) atoms. The monoisotopic (exact) mass is 248 g/mol. The van der Waals surface area contributed by atoms with Gasteiger partial charge < -0.3 is 10.2 Å². The van der Waals surface area contributed by atoms with Crippen LogP contribution in [-0.4, -0.2) is 36.2 Å². The lowest BCUT2D eigenvalue weighted by Gasteiger charge is -2.28. The van der Waals surface area contributed by atoms with Gasteiger partial charge >= 0.3 is 0 Å². The zero-order chi connectivity index (χ0) is 13.0. The summed E-state index contributed by atoms with van der Waals surface area (Å²) in [6.45, 7) is 2.67. The number of non-ortho nitro benzene ring substituents is 1. The predicted octanol–water partition coefficient (Wildman–Crippen LogP) is 1.13. The van der Waals surface area contributed by atoms with Gasteiger partial charge in [-0.1, -0.05) is 0 Å². The van der Waals surface area contributed by atoms with Crippen molar-refractivity contribution in [3.8, 4) is 6.07 Å². The fourth-order valence-corrected chi connectivity index (χ4v) is 1.68. The van der Waals surface area contributed by atoms with Gasteiger partial charge in [0.15, 0.2) is 0 Å². The molecule has 2 rings (SSSR count). The molecular weight excluding hydrogens is 236 g/mol. The van der Waals surface area contributed by atoms with Gasteiger partial charge in [-0.2, -0.15) is 5.26 Å². The molecule has 1 aromatic rings. The van der Waals surface area contributed by atoms with Crippen molar-refractivity contribution in [3.05, 3.63) is 33.9 Å². The van der Waals surface area contributed by atoms with Crippen LogP contribution in [0.15, 0.2) is 18.2 Å². The lowest BCUT2D eigenvalue weighted by molar-refractivity contribution is -0.384. The molecule has 1 saturated heterocycles. The van der Waals surface area contributed by atoms with Crippen LogP contribution in [0.2, 0.25) is 0 Å². The standard InChI is InChI=1S/C11H12N4O3/c12-8-9-7-10(15(16)17)1-2-11(9)13-14-3-5-18-6-4-14/h1-2,7,13H,3-6H2. The molecule has 0 unspecified atom stereocenters. The number of morpholine rings is 1. The third-order valence-electron chi connectivity index (χ3n) is 2.62. The lowest BCUT2D eigenvalue weighted by atomic mass is 10.2. The Hall–Kier alpha value is -2.17. The summed E-state index contributed by atoms with van der Waals surface area (Å²) in [5.41, 5.74) is 3.82. The Kier molecular flexibility index (Phi) is 3.72. The predicted molar refractivity (Wildman–Crippen MR) is 63.8 cm³/mol. The SMILES string of the molecule is N#Cc1cc([N+](=O)[O-])ccc1NN1CCOCC1. The highest BCUT2D eigenvalue weighted by Crippen LogP contribution is 2.22. The van der Waals surface area contributed by atoms with E-state index in [0.717, 1.165) is 0 Å².